The molecule has 3 aromatic rings. The highest BCUT2D eigenvalue weighted by Crippen LogP contribution is 2.23. The highest BCUT2D eigenvalue weighted by atomic mass is 127. The molecule has 0 saturated heterocycles. The topological polar surface area (TPSA) is 33.6 Å². The number of halogens is 1. The molecule has 0 aliphatic heterocycles. The minimum absolute atomic E-state index is 0.673. The monoisotopic (exact) mass is 442 g/mol. The Hall–Kier alpha value is -2.34. The predicted molar refractivity (Wildman–Crippen MR) is 114 cm³/mol. The summed E-state index contributed by atoms with van der Waals surface area (Å²) >= 11 is 2.28. The molecule has 0 aromatic heterocycles. The van der Waals surface area contributed by atoms with E-state index in [1.807, 2.05) is 79.9 Å². The molecule has 1 N–H and O–H groups in total. The van der Waals surface area contributed by atoms with Gasteiger partial charge in [-0.3, -0.25) is 4.99 Å². The van der Waals surface area contributed by atoms with Crippen LogP contribution in [-0.2, 0) is 0 Å². The van der Waals surface area contributed by atoms with E-state index >= 15 is 0 Å². The van der Waals surface area contributed by atoms with E-state index in [4.69, 9.17) is 4.74 Å². The summed E-state index contributed by atoms with van der Waals surface area (Å²) in [5.41, 5.74) is 4.09. The van der Waals surface area contributed by atoms with Crippen LogP contribution in [0.5, 0.6) is 5.75 Å². The van der Waals surface area contributed by atoms with Gasteiger partial charge in [0.05, 0.1) is 15.9 Å². The zero-order valence-corrected chi connectivity index (χ0v) is 16.1. The zero-order chi connectivity index (χ0) is 17.5. The molecule has 0 saturated carbocycles. The van der Waals surface area contributed by atoms with Gasteiger partial charge in [0.2, 0.25) is 0 Å². The van der Waals surface area contributed by atoms with Gasteiger partial charge in [0.25, 0.3) is 0 Å². The van der Waals surface area contributed by atoms with E-state index in [-0.39, 0.29) is 0 Å². The van der Waals surface area contributed by atoms with Crippen LogP contribution < -0.4 is 10.1 Å². The molecular formula is C21H19IN2O. The third kappa shape index (κ3) is 5.06. The van der Waals surface area contributed by atoms with Crippen LogP contribution in [0.4, 0.5) is 17.1 Å². The number of ether oxygens (including phenoxy) is 1. The molecule has 4 heteroatoms. The molecule has 0 amide bonds. The molecule has 3 aromatic carbocycles. The van der Waals surface area contributed by atoms with Gasteiger partial charge in [-0.15, -0.1) is 0 Å². The van der Waals surface area contributed by atoms with Crippen LogP contribution in [0.1, 0.15) is 12.5 Å². The number of benzene rings is 3. The van der Waals surface area contributed by atoms with Gasteiger partial charge in [-0.2, -0.15) is 0 Å². The van der Waals surface area contributed by atoms with Crippen molar-refractivity contribution in [1.29, 1.82) is 0 Å². The normalized spacial score (nSPS) is 10.8. The van der Waals surface area contributed by atoms with Crippen molar-refractivity contribution in [3.63, 3.8) is 0 Å². The van der Waals surface area contributed by atoms with Crippen LogP contribution in [0.3, 0.4) is 0 Å². The smallest absolute Gasteiger partial charge is 0.132 e. The summed E-state index contributed by atoms with van der Waals surface area (Å²) in [4.78, 5) is 4.54. The first-order valence-electron chi connectivity index (χ1n) is 8.13. The Kier molecular flexibility index (Phi) is 6.06. The van der Waals surface area contributed by atoms with Crippen molar-refractivity contribution in [2.24, 2.45) is 4.99 Å². The number of anilines is 2. The van der Waals surface area contributed by atoms with Crippen LogP contribution in [0.25, 0.3) is 0 Å². The number of para-hydroxylation sites is 1. The molecule has 0 bridgehead atoms. The van der Waals surface area contributed by atoms with E-state index in [9.17, 15) is 0 Å². The second-order valence-electron chi connectivity index (χ2n) is 5.42. The Morgan fingerprint density at radius 1 is 0.960 bits per heavy atom. The Morgan fingerprint density at radius 2 is 1.68 bits per heavy atom. The highest BCUT2D eigenvalue weighted by molar-refractivity contribution is 14.1. The standard InChI is InChI=1S/C21H19IN2O/c1-2-25-21-13-8-16(14-20(21)22)15-23-17-9-11-19(12-10-17)24-18-6-4-3-5-7-18/h3-15,24H,2H2,1H3. The largest absolute Gasteiger partial charge is 0.493 e. The molecule has 0 fully saturated rings. The molecule has 25 heavy (non-hydrogen) atoms. The first kappa shape index (κ1) is 17.5. The second kappa shape index (κ2) is 8.67. The molecule has 0 atom stereocenters. The van der Waals surface area contributed by atoms with E-state index < -0.39 is 0 Å². The highest BCUT2D eigenvalue weighted by Gasteiger charge is 2.00. The third-order valence-electron chi connectivity index (χ3n) is 3.55. The number of hydrogen-bond donors (Lipinski definition) is 1. The number of hydrogen-bond acceptors (Lipinski definition) is 3. The van der Waals surface area contributed by atoms with Crippen molar-refractivity contribution in [2.75, 3.05) is 11.9 Å². The minimum Gasteiger partial charge on any atom is -0.493 e. The van der Waals surface area contributed by atoms with Crippen LogP contribution in [0.15, 0.2) is 77.8 Å². The Balaban J connectivity index is 1.66. The van der Waals surface area contributed by atoms with Gasteiger partial charge >= 0.3 is 0 Å². The lowest BCUT2D eigenvalue weighted by molar-refractivity contribution is 0.338. The van der Waals surface area contributed by atoms with Gasteiger partial charge in [-0.1, -0.05) is 18.2 Å². The summed E-state index contributed by atoms with van der Waals surface area (Å²) < 4.78 is 6.65. The summed E-state index contributed by atoms with van der Waals surface area (Å²) in [6, 6.07) is 24.2. The molecule has 0 radical (unpaired) electrons. The molecule has 0 aliphatic carbocycles. The summed E-state index contributed by atoms with van der Waals surface area (Å²) in [5, 5.41) is 3.36. The van der Waals surface area contributed by atoms with Gasteiger partial charge in [-0.25, -0.2) is 0 Å². The lowest BCUT2D eigenvalue weighted by Crippen LogP contribution is -1.94. The molecule has 0 unspecified atom stereocenters. The van der Waals surface area contributed by atoms with Crippen molar-refractivity contribution in [3.05, 3.63) is 81.9 Å². The van der Waals surface area contributed by atoms with Gasteiger partial charge in [0.15, 0.2) is 0 Å². The first-order valence-corrected chi connectivity index (χ1v) is 9.21. The fourth-order valence-electron chi connectivity index (χ4n) is 2.34. The maximum absolute atomic E-state index is 5.56. The predicted octanol–water partition coefficient (Wildman–Crippen LogP) is 6.18. The zero-order valence-electron chi connectivity index (χ0n) is 13.9. The Bertz CT molecular complexity index is 846. The third-order valence-corrected chi connectivity index (χ3v) is 4.39. The summed E-state index contributed by atoms with van der Waals surface area (Å²) in [6.45, 7) is 2.66. The van der Waals surface area contributed by atoms with Crippen molar-refractivity contribution >= 4 is 45.9 Å². The quantitative estimate of drug-likeness (QED) is 0.365. The van der Waals surface area contributed by atoms with E-state index in [1.54, 1.807) is 0 Å². The maximum atomic E-state index is 5.56. The van der Waals surface area contributed by atoms with Gasteiger partial charge in [-0.05, 0) is 89.7 Å². The maximum Gasteiger partial charge on any atom is 0.132 e. The summed E-state index contributed by atoms with van der Waals surface area (Å²) in [6.07, 6.45) is 1.87. The Labute approximate surface area is 161 Å². The first-order chi connectivity index (χ1) is 12.2. The Morgan fingerprint density at radius 3 is 2.36 bits per heavy atom. The van der Waals surface area contributed by atoms with Gasteiger partial charge < -0.3 is 10.1 Å². The minimum atomic E-state index is 0.673. The average Bonchev–Trinajstić information content (AvgIpc) is 2.64. The fraction of sp³-hybridized carbons (Fsp3) is 0.0952. The van der Waals surface area contributed by atoms with Crippen LogP contribution in [0.2, 0.25) is 0 Å². The summed E-state index contributed by atoms with van der Waals surface area (Å²) in [7, 11) is 0. The number of nitrogens with one attached hydrogen (secondary N) is 1. The lowest BCUT2D eigenvalue weighted by Gasteiger charge is -2.06. The number of nitrogens with zero attached hydrogens (tertiary/aromatic N) is 1. The van der Waals surface area contributed by atoms with Crippen molar-refractivity contribution in [2.45, 2.75) is 6.92 Å². The fourth-order valence-corrected chi connectivity index (χ4v) is 3.03. The van der Waals surface area contributed by atoms with Gasteiger partial charge in [0.1, 0.15) is 5.75 Å². The molecule has 3 rings (SSSR count). The lowest BCUT2D eigenvalue weighted by atomic mass is 10.2. The van der Waals surface area contributed by atoms with Gasteiger partial charge in [0, 0.05) is 17.6 Å². The van der Waals surface area contributed by atoms with Crippen molar-refractivity contribution in [3.8, 4) is 5.75 Å². The molecular weight excluding hydrogens is 423 g/mol. The van der Waals surface area contributed by atoms with Crippen LogP contribution >= 0.6 is 22.6 Å². The van der Waals surface area contributed by atoms with E-state index in [2.05, 4.69) is 39.0 Å². The number of aliphatic imine (C=N–C) groups is 1. The SMILES string of the molecule is CCOc1ccc(C=Nc2ccc(Nc3ccccc3)cc2)cc1I. The second-order valence-corrected chi connectivity index (χ2v) is 6.58. The number of rotatable bonds is 6. The molecule has 0 aliphatic rings. The van der Waals surface area contributed by atoms with Crippen molar-refractivity contribution in [1.82, 2.24) is 0 Å². The molecule has 126 valence electrons. The van der Waals surface area contributed by atoms with E-state index in [0.717, 1.165) is 31.9 Å². The van der Waals surface area contributed by atoms with E-state index in [0.29, 0.717) is 6.61 Å². The van der Waals surface area contributed by atoms with Crippen LogP contribution in [0, 0.1) is 3.57 Å². The van der Waals surface area contributed by atoms with E-state index in [1.165, 1.54) is 0 Å². The average molecular weight is 442 g/mol. The van der Waals surface area contributed by atoms with Crippen molar-refractivity contribution < 1.29 is 4.74 Å². The molecule has 0 heterocycles. The molecule has 3 nitrogen and oxygen atoms in total. The molecule has 0 spiro atoms. The summed E-state index contributed by atoms with van der Waals surface area (Å²) in [5.74, 6) is 0.914. The van der Waals surface area contributed by atoms with Crippen LogP contribution in [-0.4, -0.2) is 12.8 Å².